The minimum atomic E-state index is -0.602. The van der Waals surface area contributed by atoms with Crippen molar-refractivity contribution in [1.29, 1.82) is 0 Å². The van der Waals surface area contributed by atoms with Gasteiger partial charge in [-0.15, -0.1) is 0 Å². The Kier molecular flexibility index (Phi) is 6.85. The van der Waals surface area contributed by atoms with Crippen molar-refractivity contribution in [2.45, 2.75) is 33.3 Å². The number of nitrogens with one attached hydrogen (secondary N) is 1. The summed E-state index contributed by atoms with van der Waals surface area (Å²) in [5.74, 6) is -0.683. The van der Waals surface area contributed by atoms with Gasteiger partial charge >= 0.3 is 12.1 Å². The van der Waals surface area contributed by atoms with E-state index < -0.39 is 17.7 Å². The predicted octanol–water partition coefficient (Wildman–Crippen LogP) is 1.60. The van der Waals surface area contributed by atoms with E-state index in [1.807, 2.05) is 0 Å². The van der Waals surface area contributed by atoms with Crippen LogP contribution in [0.4, 0.5) is 4.79 Å². The Hall–Kier alpha value is -1.72. The smallest absolute Gasteiger partial charge is 0.407 e. The topological polar surface area (TPSA) is 73.9 Å². The molecule has 0 aliphatic heterocycles. The number of alkyl carbamates (subject to hydrolysis) is 1. The number of rotatable bonds is 6. The Morgan fingerprint density at radius 1 is 1.22 bits per heavy atom. The summed E-state index contributed by atoms with van der Waals surface area (Å²) in [5, 5.41) is 2.49. The molecule has 0 saturated carbocycles. The van der Waals surface area contributed by atoms with Crippen LogP contribution in [-0.4, -0.2) is 37.4 Å². The van der Waals surface area contributed by atoms with Crippen molar-refractivity contribution in [3.05, 3.63) is 12.3 Å². The molecule has 0 saturated heterocycles. The molecule has 0 aliphatic carbocycles. The average molecular weight is 259 g/mol. The molecule has 0 aliphatic rings. The SMILES string of the molecule is C=C(OCCNC(=O)OC(C)(C)C)C(=O)OCC. The molecule has 0 aromatic carbocycles. The minimum Gasteiger partial charge on any atom is -0.485 e. The van der Waals surface area contributed by atoms with Gasteiger partial charge in [-0.3, -0.25) is 0 Å². The lowest BCUT2D eigenvalue weighted by Crippen LogP contribution is -2.34. The summed E-state index contributed by atoms with van der Waals surface area (Å²) < 4.78 is 14.7. The van der Waals surface area contributed by atoms with E-state index in [2.05, 4.69) is 16.6 Å². The molecule has 1 amide bonds. The van der Waals surface area contributed by atoms with Crippen LogP contribution in [0, 0.1) is 0 Å². The van der Waals surface area contributed by atoms with Gasteiger partial charge in [-0.25, -0.2) is 9.59 Å². The lowest BCUT2D eigenvalue weighted by molar-refractivity contribution is -0.142. The maximum atomic E-state index is 11.2. The molecule has 104 valence electrons. The number of ether oxygens (including phenoxy) is 3. The first-order chi connectivity index (χ1) is 8.26. The van der Waals surface area contributed by atoms with Gasteiger partial charge in [-0.1, -0.05) is 0 Å². The third-order valence-corrected chi connectivity index (χ3v) is 1.55. The highest BCUT2D eigenvalue weighted by Crippen LogP contribution is 2.06. The van der Waals surface area contributed by atoms with Crippen LogP contribution >= 0.6 is 0 Å². The van der Waals surface area contributed by atoms with Crippen molar-refractivity contribution in [2.24, 2.45) is 0 Å². The van der Waals surface area contributed by atoms with Crippen molar-refractivity contribution in [2.75, 3.05) is 19.8 Å². The molecule has 0 bridgehead atoms. The van der Waals surface area contributed by atoms with Crippen molar-refractivity contribution >= 4 is 12.1 Å². The van der Waals surface area contributed by atoms with Crippen LogP contribution in [0.5, 0.6) is 0 Å². The molecule has 0 unspecified atom stereocenters. The van der Waals surface area contributed by atoms with Gasteiger partial charge in [0, 0.05) is 0 Å². The van der Waals surface area contributed by atoms with Gasteiger partial charge in [-0.05, 0) is 34.3 Å². The first-order valence-electron chi connectivity index (χ1n) is 5.72. The van der Waals surface area contributed by atoms with Crippen LogP contribution in [0.1, 0.15) is 27.7 Å². The maximum absolute atomic E-state index is 11.2. The maximum Gasteiger partial charge on any atom is 0.407 e. The number of carbonyl (C=O) groups excluding carboxylic acids is 2. The van der Waals surface area contributed by atoms with E-state index in [1.54, 1.807) is 27.7 Å². The number of hydrogen-bond acceptors (Lipinski definition) is 5. The molecule has 0 atom stereocenters. The minimum absolute atomic E-state index is 0.0807. The van der Waals surface area contributed by atoms with Gasteiger partial charge in [0.2, 0.25) is 0 Å². The van der Waals surface area contributed by atoms with Crippen LogP contribution in [0.25, 0.3) is 0 Å². The van der Waals surface area contributed by atoms with E-state index in [1.165, 1.54) is 0 Å². The number of esters is 1. The molecule has 6 nitrogen and oxygen atoms in total. The summed E-state index contributed by atoms with van der Waals surface area (Å²) in [5.41, 5.74) is -0.542. The second-order valence-electron chi connectivity index (χ2n) is 4.42. The molecule has 6 heteroatoms. The van der Waals surface area contributed by atoms with Crippen molar-refractivity contribution in [1.82, 2.24) is 5.32 Å². The van der Waals surface area contributed by atoms with Gasteiger partial charge < -0.3 is 19.5 Å². The van der Waals surface area contributed by atoms with Crippen molar-refractivity contribution in [3.63, 3.8) is 0 Å². The van der Waals surface area contributed by atoms with Gasteiger partial charge in [0.1, 0.15) is 12.2 Å². The summed E-state index contributed by atoms with van der Waals surface area (Å²) in [6.45, 7) is 11.0. The van der Waals surface area contributed by atoms with E-state index in [-0.39, 0.29) is 25.5 Å². The number of amides is 1. The Morgan fingerprint density at radius 3 is 2.33 bits per heavy atom. The second kappa shape index (κ2) is 7.58. The fourth-order valence-corrected chi connectivity index (χ4v) is 0.912. The molecule has 0 fully saturated rings. The average Bonchev–Trinajstić information content (AvgIpc) is 2.21. The Morgan fingerprint density at radius 2 is 1.83 bits per heavy atom. The van der Waals surface area contributed by atoms with Crippen LogP contribution in [0.15, 0.2) is 12.3 Å². The Balaban J connectivity index is 3.71. The molecule has 1 N–H and O–H groups in total. The van der Waals surface area contributed by atoms with Gasteiger partial charge in [-0.2, -0.15) is 0 Å². The zero-order valence-corrected chi connectivity index (χ0v) is 11.4. The molecule has 0 heterocycles. The summed E-state index contributed by atoms with van der Waals surface area (Å²) in [6, 6.07) is 0. The predicted molar refractivity (Wildman–Crippen MR) is 66.0 cm³/mol. The molecule has 0 spiro atoms. The second-order valence-corrected chi connectivity index (χ2v) is 4.42. The first-order valence-corrected chi connectivity index (χ1v) is 5.72. The van der Waals surface area contributed by atoms with E-state index in [4.69, 9.17) is 9.47 Å². The van der Waals surface area contributed by atoms with E-state index in [0.717, 1.165) is 0 Å². The monoisotopic (exact) mass is 259 g/mol. The van der Waals surface area contributed by atoms with Crippen LogP contribution in [0.2, 0.25) is 0 Å². The largest absolute Gasteiger partial charge is 0.485 e. The summed E-state index contributed by atoms with van der Waals surface area (Å²) in [6.07, 6.45) is -0.534. The van der Waals surface area contributed by atoms with Crippen molar-refractivity contribution in [3.8, 4) is 0 Å². The third kappa shape index (κ3) is 8.43. The molecular weight excluding hydrogens is 238 g/mol. The highest BCUT2D eigenvalue weighted by molar-refractivity contribution is 5.85. The number of carbonyl (C=O) groups is 2. The molecule has 18 heavy (non-hydrogen) atoms. The standard InChI is InChI=1S/C12H21NO5/c1-6-16-10(14)9(2)17-8-7-13-11(15)18-12(3,4)5/h2,6-8H2,1,3-5H3,(H,13,15). The zero-order chi connectivity index (χ0) is 14.2. The highest BCUT2D eigenvalue weighted by Gasteiger charge is 2.15. The summed E-state index contributed by atoms with van der Waals surface area (Å²) in [7, 11) is 0. The van der Waals surface area contributed by atoms with Crippen LogP contribution in [-0.2, 0) is 19.0 Å². The van der Waals surface area contributed by atoms with Gasteiger partial charge in [0.05, 0.1) is 13.2 Å². The third-order valence-electron chi connectivity index (χ3n) is 1.55. The molecule has 0 radical (unpaired) electrons. The highest BCUT2D eigenvalue weighted by atomic mass is 16.6. The molecule has 0 aromatic rings. The quantitative estimate of drug-likeness (QED) is 0.339. The fraction of sp³-hybridized carbons (Fsp3) is 0.667. The molecule has 0 aromatic heterocycles. The molecular formula is C12H21NO5. The van der Waals surface area contributed by atoms with Crippen LogP contribution in [0.3, 0.4) is 0 Å². The van der Waals surface area contributed by atoms with Crippen LogP contribution < -0.4 is 5.32 Å². The van der Waals surface area contributed by atoms with Gasteiger partial charge in [0.15, 0.2) is 5.76 Å². The lowest BCUT2D eigenvalue weighted by atomic mass is 10.2. The Bertz CT molecular complexity index is 306. The number of hydrogen-bond donors (Lipinski definition) is 1. The van der Waals surface area contributed by atoms with Gasteiger partial charge in [0.25, 0.3) is 0 Å². The lowest BCUT2D eigenvalue weighted by Gasteiger charge is -2.19. The van der Waals surface area contributed by atoms with E-state index in [0.29, 0.717) is 0 Å². The zero-order valence-electron chi connectivity index (χ0n) is 11.4. The van der Waals surface area contributed by atoms with E-state index >= 15 is 0 Å². The normalized spacial score (nSPS) is 10.4. The summed E-state index contributed by atoms with van der Waals surface area (Å²) >= 11 is 0. The molecule has 0 rings (SSSR count). The van der Waals surface area contributed by atoms with E-state index in [9.17, 15) is 9.59 Å². The summed E-state index contributed by atoms with van der Waals surface area (Å²) in [4.78, 5) is 22.3. The fourth-order valence-electron chi connectivity index (χ4n) is 0.912. The first kappa shape index (κ1) is 16.3. The Labute approximate surface area is 107 Å². The van der Waals surface area contributed by atoms with Crippen molar-refractivity contribution < 1.29 is 23.8 Å².